The minimum absolute atomic E-state index is 0.0350. The van der Waals surface area contributed by atoms with Crippen molar-refractivity contribution in [1.82, 2.24) is 0 Å². The van der Waals surface area contributed by atoms with Gasteiger partial charge in [0.1, 0.15) is 0 Å². The topological polar surface area (TPSA) is 43.1 Å². The molecule has 0 saturated carbocycles. The number of nitrogens with zero attached hydrogens (tertiary/aromatic N) is 1. The van der Waals surface area contributed by atoms with Gasteiger partial charge in [0.05, 0.1) is 0 Å². The van der Waals surface area contributed by atoms with Crippen molar-refractivity contribution >= 4 is 0 Å². The first kappa shape index (κ1) is 15.9. The van der Waals surface area contributed by atoms with E-state index in [1.165, 1.54) is 37.7 Å². The van der Waals surface area contributed by atoms with Gasteiger partial charge in [0.2, 0.25) is 6.54 Å². The first-order chi connectivity index (χ1) is 8.99. The highest BCUT2D eigenvalue weighted by atomic mass is 16.6. The highest BCUT2D eigenvalue weighted by molar-refractivity contribution is 5.11. The monoisotopic (exact) mass is 265 g/mol. The Morgan fingerprint density at radius 1 is 1.42 bits per heavy atom. The Morgan fingerprint density at radius 3 is 2.79 bits per heavy atom. The average Bonchev–Trinajstić information content (AvgIpc) is 2.31. The highest BCUT2D eigenvalue weighted by Gasteiger charge is 2.22. The van der Waals surface area contributed by atoms with E-state index in [2.05, 4.69) is 26.5 Å². The molecule has 3 heteroatoms. The number of allylic oxidation sites excluding steroid dienone is 2. The summed E-state index contributed by atoms with van der Waals surface area (Å²) in [5.41, 5.74) is 2.31. The first-order valence-electron chi connectivity index (χ1n) is 7.45. The third-order valence-electron chi connectivity index (χ3n) is 4.04. The minimum Gasteiger partial charge on any atom is -0.264 e. The van der Waals surface area contributed by atoms with Crippen molar-refractivity contribution in [3.63, 3.8) is 0 Å². The van der Waals surface area contributed by atoms with Crippen LogP contribution in [0.25, 0.3) is 0 Å². The summed E-state index contributed by atoms with van der Waals surface area (Å²) in [6.45, 7) is 8.14. The van der Waals surface area contributed by atoms with E-state index in [0.29, 0.717) is 11.8 Å². The Kier molecular flexibility index (Phi) is 6.82. The van der Waals surface area contributed by atoms with E-state index >= 15 is 0 Å². The summed E-state index contributed by atoms with van der Waals surface area (Å²) in [7, 11) is 0. The molecule has 0 saturated heterocycles. The van der Waals surface area contributed by atoms with Gasteiger partial charge in [0.15, 0.2) is 0 Å². The fraction of sp³-hybridized carbons (Fsp3) is 0.750. The quantitative estimate of drug-likeness (QED) is 0.275. The summed E-state index contributed by atoms with van der Waals surface area (Å²) in [5.74, 6) is 0.959. The van der Waals surface area contributed by atoms with Crippen molar-refractivity contribution in [3.8, 4) is 0 Å². The molecule has 0 aromatic heterocycles. The molecule has 3 nitrogen and oxygen atoms in total. The van der Waals surface area contributed by atoms with Gasteiger partial charge in [-0.25, -0.2) is 0 Å². The molecule has 0 radical (unpaired) electrons. The van der Waals surface area contributed by atoms with E-state index in [1.807, 2.05) is 0 Å². The lowest BCUT2D eigenvalue weighted by atomic mass is 9.81. The molecule has 0 aliphatic heterocycles. The zero-order valence-electron chi connectivity index (χ0n) is 12.4. The molecule has 2 atom stereocenters. The van der Waals surface area contributed by atoms with Crippen LogP contribution in [0, 0.1) is 22.0 Å². The lowest BCUT2D eigenvalue weighted by Gasteiger charge is -2.24. The number of unbranched alkanes of at least 4 members (excludes halogenated alkanes) is 2. The normalized spacial score (nSPS) is 22.9. The van der Waals surface area contributed by atoms with E-state index in [0.717, 1.165) is 18.4 Å². The Balaban J connectivity index is 2.31. The molecule has 108 valence electrons. The van der Waals surface area contributed by atoms with Crippen molar-refractivity contribution in [2.24, 2.45) is 11.8 Å². The van der Waals surface area contributed by atoms with Crippen LogP contribution in [0.4, 0.5) is 0 Å². The van der Waals surface area contributed by atoms with Gasteiger partial charge in [-0.05, 0) is 56.4 Å². The Hall–Kier alpha value is -1.12. The third kappa shape index (κ3) is 6.55. The lowest BCUT2D eigenvalue weighted by Crippen LogP contribution is -2.18. The Labute approximate surface area is 116 Å². The molecule has 0 spiro atoms. The predicted octanol–water partition coefficient (Wildman–Crippen LogP) is 4.76. The lowest BCUT2D eigenvalue weighted by molar-refractivity contribution is -0.471. The average molecular weight is 265 g/mol. The van der Waals surface area contributed by atoms with Crippen molar-refractivity contribution in [1.29, 1.82) is 0 Å². The van der Waals surface area contributed by atoms with Gasteiger partial charge in [0, 0.05) is 4.92 Å². The molecule has 1 aliphatic rings. The van der Waals surface area contributed by atoms with Gasteiger partial charge in [-0.1, -0.05) is 31.4 Å². The molecule has 0 amide bonds. The Bertz CT molecular complexity index is 347. The molecule has 2 unspecified atom stereocenters. The fourth-order valence-corrected chi connectivity index (χ4v) is 2.80. The molecular weight excluding hydrogens is 238 g/mol. The van der Waals surface area contributed by atoms with Crippen LogP contribution in [0.1, 0.15) is 58.8 Å². The summed E-state index contributed by atoms with van der Waals surface area (Å²) in [4.78, 5) is 10.4. The van der Waals surface area contributed by atoms with Crippen LogP contribution >= 0.6 is 0 Å². The molecule has 0 bridgehead atoms. The van der Waals surface area contributed by atoms with Crippen LogP contribution in [0.15, 0.2) is 23.8 Å². The fourth-order valence-electron chi connectivity index (χ4n) is 2.80. The van der Waals surface area contributed by atoms with E-state index in [9.17, 15) is 10.1 Å². The van der Waals surface area contributed by atoms with Crippen molar-refractivity contribution < 1.29 is 4.92 Å². The number of rotatable bonds is 8. The summed E-state index contributed by atoms with van der Waals surface area (Å²) >= 11 is 0. The second-order valence-electron chi connectivity index (χ2n) is 6.03. The maximum absolute atomic E-state index is 10.6. The van der Waals surface area contributed by atoms with Crippen LogP contribution in [-0.2, 0) is 0 Å². The van der Waals surface area contributed by atoms with E-state index in [4.69, 9.17) is 0 Å². The Morgan fingerprint density at radius 2 is 2.16 bits per heavy atom. The summed E-state index contributed by atoms with van der Waals surface area (Å²) in [5, 5.41) is 10.6. The predicted molar refractivity (Wildman–Crippen MR) is 79.7 cm³/mol. The van der Waals surface area contributed by atoms with Gasteiger partial charge in [0.25, 0.3) is 0 Å². The molecule has 1 aliphatic carbocycles. The molecular formula is C16H27NO2. The second-order valence-corrected chi connectivity index (χ2v) is 6.03. The third-order valence-corrected chi connectivity index (χ3v) is 4.04. The van der Waals surface area contributed by atoms with Crippen LogP contribution < -0.4 is 0 Å². The SMILES string of the molecule is C=C(C)CCCCCC1C=C(C[N+](=O)[O-])C(C)CC1. The van der Waals surface area contributed by atoms with Crippen molar-refractivity contribution in [2.75, 3.05) is 6.54 Å². The van der Waals surface area contributed by atoms with Crippen molar-refractivity contribution in [3.05, 3.63) is 33.9 Å². The van der Waals surface area contributed by atoms with Gasteiger partial charge in [-0.15, -0.1) is 6.58 Å². The molecule has 0 aromatic carbocycles. The molecule has 0 aromatic rings. The van der Waals surface area contributed by atoms with E-state index in [-0.39, 0.29) is 11.5 Å². The zero-order chi connectivity index (χ0) is 14.3. The number of hydrogen-bond acceptors (Lipinski definition) is 2. The molecule has 0 N–H and O–H groups in total. The minimum atomic E-state index is -0.197. The maximum Gasteiger partial charge on any atom is 0.225 e. The first-order valence-corrected chi connectivity index (χ1v) is 7.45. The van der Waals surface area contributed by atoms with Gasteiger partial charge in [-0.2, -0.15) is 0 Å². The summed E-state index contributed by atoms with van der Waals surface area (Å²) in [6.07, 6.45) is 10.5. The maximum atomic E-state index is 10.6. The zero-order valence-corrected chi connectivity index (χ0v) is 12.4. The highest BCUT2D eigenvalue weighted by Crippen LogP contribution is 2.31. The van der Waals surface area contributed by atoms with E-state index < -0.39 is 0 Å². The van der Waals surface area contributed by atoms with Crippen LogP contribution in [0.5, 0.6) is 0 Å². The molecule has 19 heavy (non-hydrogen) atoms. The summed E-state index contributed by atoms with van der Waals surface area (Å²) < 4.78 is 0. The van der Waals surface area contributed by atoms with E-state index in [1.54, 1.807) is 0 Å². The number of hydrogen-bond donors (Lipinski definition) is 0. The van der Waals surface area contributed by atoms with Gasteiger partial charge < -0.3 is 0 Å². The summed E-state index contributed by atoms with van der Waals surface area (Å²) in [6, 6.07) is 0. The van der Waals surface area contributed by atoms with Crippen LogP contribution in [0.3, 0.4) is 0 Å². The van der Waals surface area contributed by atoms with Crippen LogP contribution in [-0.4, -0.2) is 11.5 Å². The largest absolute Gasteiger partial charge is 0.264 e. The standard InChI is InChI=1S/C16H27NO2/c1-13(2)7-5-4-6-8-15-10-9-14(3)16(11-15)12-17(18)19/h11,14-15H,1,4-10,12H2,2-3H3. The van der Waals surface area contributed by atoms with Gasteiger partial charge in [-0.3, -0.25) is 10.1 Å². The molecule has 0 fully saturated rings. The molecule has 0 heterocycles. The second kappa shape index (κ2) is 8.13. The smallest absolute Gasteiger partial charge is 0.225 e. The number of nitro groups is 1. The van der Waals surface area contributed by atoms with Gasteiger partial charge >= 0.3 is 0 Å². The molecule has 1 rings (SSSR count). The van der Waals surface area contributed by atoms with Crippen LogP contribution in [0.2, 0.25) is 0 Å². The van der Waals surface area contributed by atoms with Crippen molar-refractivity contribution in [2.45, 2.75) is 58.8 Å².